The second-order valence-electron chi connectivity index (χ2n) is 3.17. The molecule has 1 aromatic rings. The lowest BCUT2D eigenvalue weighted by Crippen LogP contribution is -1.98. The molecule has 1 rings (SSSR count). The van der Waals surface area contributed by atoms with Gasteiger partial charge in [-0.25, -0.2) is 0 Å². The lowest BCUT2D eigenvalue weighted by atomic mass is 10.2. The Morgan fingerprint density at radius 1 is 1.25 bits per heavy atom. The summed E-state index contributed by atoms with van der Waals surface area (Å²) in [6, 6.07) is 8.78. The maximum atomic E-state index is 2.28. The molecule has 0 aliphatic carbocycles. The number of halogens is 1. The van der Waals surface area contributed by atoms with E-state index in [4.69, 9.17) is 0 Å². The van der Waals surface area contributed by atoms with E-state index in [1.54, 1.807) is 0 Å². The fourth-order valence-electron chi connectivity index (χ4n) is 1.07. The van der Waals surface area contributed by atoms with Crippen LogP contribution in [0.3, 0.4) is 0 Å². The first kappa shape index (κ1) is 12.1. The Morgan fingerprint density at radius 3 is 2.42 bits per heavy atom. The summed E-state index contributed by atoms with van der Waals surface area (Å²) in [6.07, 6.45) is 0. The van der Waals surface area contributed by atoms with E-state index >= 15 is 0 Å². The molecule has 1 unspecified atom stereocenters. The highest BCUT2D eigenvalue weighted by atomic mass is 79.9. The van der Waals surface area contributed by atoms with Gasteiger partial charge in [0.15, 0.2) is 0 Å². The second-order valence-corrected chi connectivity index (χ2v) is 5.19. The summed E-state index contributed by atoms with van der Waals surface area (Å²) >= 11 is 0. The number of hydrogen-bond acceptors (Lipinski definition) is 0. The van der Waals surface area contributed by atoms with Crippen LogP contribution in [0.15, 0.2) is 24.3 Å². The Labute approximate surface area is 87.3 Å². The first-order valence-electron chi connectivity index (χ1n) is 4.01. The van der Waals surface area contributed by atoms with Gasteiger partial charge in [-0.2, -0.15) is 0 Å². The molecule has 68 valence electrons. The largest absolute Gasteiger partial charge is 0.114 e. The zero-order valence-electron chi connectivity index (χ0n) is 7.79. The van der Waals surface area contributed by atoms with Gasteiger partial charge in [-0.1, -0.05) is 52.3 Å². The number of benzene rings is 1. The molecule has 0 fully saturated rings. The maximum absolute atomic E-state index is 2.28. The SMILES string of the molecule is Br.Cc1cccc(PC(C)C)c1. The minimum Gasteiger partial charge on any atom is -0.114 e. The zero-order valence-corrected chi connectivity index (χ0v) is 10.5. The van der Waals surface area contributed by atoms with Crippen molar-refractivity contribution in [1.29, 1.82) is 0 Å². The molecule has 0 saturated carbocycles. The fraction of sp³-hybridized carbons (Fsp3) is 0.400. The van der Waals surface area contributed by atoms with E-state index in [0.717, 1.165) is 14.2 Å². The van der Waals surface area contributed by atoms with E-state index < -0.39 is 0 Å². The highest BCUT2D eigenvalue weighted by Gasteiger charge is 1.95. The first-order chi connectivity index (χ1) is 5.18. The summed E-state index contributed by atoms with van der Waals surface area (Å²) in [5.74, 6) is 0. The number of aryl methyl sites for hydroxylation is 1. The van der Waals surface area contributed by atoms with Crippen molar-refractivity contribution in [1.82, 2.24) is 0 Å². The molecule has 0 bridgehead atoms. The summed E-state index contributed by atoms with van der Waals surface area (Å²) < 4.78 is 0. The van der Waals surface area contributed by atoms with Crippen LogP contribution in [0.1, 0.15) is 19.4 Å². The molecule has 0 aliphatic heterocycles. The molecule has 0 amide bonds. The second kappa shape index (κ2) is 5.72. The van der Waals surface area contributed by atoms with Crippen molar-refractivity contribution in [2.75, 3.05) is 0 Å². The van der Waals surface area contributed by atoms with Gasteiger partial charge in [-0.05, 0) is 17.9 Å². The van der Waals surface area contributed by atoms with Gasteiger partial charge in [0.1, 0.15) is 0 Å². The van der Waals surface area contributed by atoms with E-state index in [1.807, 2.05) is 0 Å². The van der Waals surface area contributed by atoms with Crippen molar-refractivity contribution >= 4 is 30.9 Å². The molecular weight excluding hydrogens is 231 g/mol. The van der Waals surface area contributed by atoms with Crippen LogP contribution in [0.25, 0.3) is 0 Å². The van der Waals surface area contributed by atoms with Crippen molar-refractivity contribution in [2.45, 2.75) is 26.4 Å². The Morgan fingerprint density at radius 2 is 1.92 bits per heavy atom. The summed E-state index contributed by atoms with van der Waals surface area (Å²) in [6.45, 7) is 6.68. The molecule has 0 saturated heterocycles. The van der Waals surface area contributed by atoms with Crippen molar-refractivity contribution in [3.8, 4) is 0 Å². The van der Waals surface area contributed by atoms with E-state index in [0.29, 0.717) is 0 Å². The molecule has 0 aromatic heterocycles. The predicted molar refractivity (Wildman–Crippen MR) is 64.6 cm³/mol. The fourth-order valence-corrected chi connectivity index (χ4v) is 2.24. The molecule has 2 heteroatoms. The minimum absolute atomic E-state index is 0. The van der Waals surface area contributed by atoms with Gasteiger partial charge in [0.25, 0.3) is 0 Å². The highest BCUT2D eigenvalue weighted by Crippen LogP contribution is 2.17. The van der Waals surface area contributed by atoms with Gasteiger partial charge in [0.05, 0.1) is 0 Å². The normalized spacial score (nSPS) is 10.7. The monoisotopic (exact) mass is 246 g/mol. The van der Waals surface area contributed by atoms with Gasteiger partial charge in [0, 0.05) is 0 Å². The molecule has 1 aromatic carbocycles. The van der Waals surface area contributed by atoms with E-state index in [1.165, 1.54) is 10.9 Å². The molecule has 12 heavy (non-hydrogen) atoms. The Balaban J connectivity index is 0.00000121. The summed E-state index contributed by atoms with van der Waals surface area (Å²) in [5, 5.41) is 1.49. The number of hydrogen-bond donors (Lipinski definition) is 0. The van der Waals surface area contributed by atoms with Crippen molar-refractivity contribution in [3.63, 3.8) is 0 Å². The Kier molecular flexibility index (Phi) is 5.78. The molecule has 0 N–H and O–H groups in total. The lowest BCUT2D eigenvalue weighted by Gasteiger charge is -2.04. The van der Waals surface area contributed by atoms with E-state index in [-0.39, 0.29) is 17.0 Å². The Hall–Kier alpha value is 0.130. The molecule has 0 spiro atoms. The first-order valence-corrected chi connectivity index (χ1v) is 5.09. The van der Waals surface area contributed by atoms with Gasteiger partial charge >= 0.3 is 0 Å². The zero-order chi connectivity index (χ0) is 8.27. The highest BCUT2D eigenvalue weighted by molar-refractivity contribution is 8.93. The maximum Gasteiger partial charge on any atom is -0.0253 e. The summed E-state index contributed by atoms with van der Waals surface area (Å²) in [5.41, 5.74) is 2.16. The molecular formula is C10H16BrP. The molecule has 0 radical (unpaired) electrons. The standard InChI is InChI=1S/C10H15P.BrH/c1-8(2)11-10-6-4-5-9(3)7-10;/h4-8,11H,1-3H3;1H. The molecule has 0 aliphatic rings. The van der Waals surface area contributed by atoms with Crippen LogP contribution >= 0.6 is 25.6 Å². The third-order valence-electron chi connectivity index (χ3n) is 1.47. The lowest BCUT2D eigenvalue weighted by molar-refractivity contribution is 1.11. The molecule has 0 nitrogen and oxygen atoms in total. The quantitative estimate of drug-likeness (QED) is 0.703. The van der Waals surface area contributed by atoms with Crippen LogP contribution in [-0.2, 0) is 0 Å². The van der Waals surface area contributed by atoms with E-state index in [9.17, 15) is 0 Å². The van der Waals surface area contributed by atoms with Crippen LogP contribution in [0.5, 0.6) is 0 Å². The average molecular weight is 247 g/mol. The van der Waals surface area contributed by atoms with E-state index in [2.05, 4.69) is 45.0 Å². The minimum atomic E-state index is 0. The van der Waals surface area contributed by atoms with Gasteiger partial charge < -0.3 is 0 Å². The van der Waals surface area contributed by atoms with Crippen LogP contribution in [0.2, 0.25) is 0 Å². The van der Waals surface area contributed by atoms with Crippen molar-refractivity contribution < 1.29 is 0 Å². The van der Waals surface area contributed by atoms with Crippen LogP contribution in [0.4, 0.5) is 0 Å². The van der Waals surface area contributed by atoms with Crippen molar-refractivity contribution in [2.24, 2.45) is 0 Å². The van der Waals surface area contributed by atoms with Crippen molar-refractivity contribution in [3.05, 3.63) is 29.8 Å². The Bertz CT molecular complexity index is 233. The summed E-state index contributed by atoms with van der Waals surface area (Å²) in [4.78, 5) is 0. The topological polar surface area (TPSA) is 0 Å². The van der Waals surface area contributed by atoms with Crippen LogP contribution in [-0.4, -0.2) is 5.66 Å². The molecule has 0 heterocycles. The molecule has 1 atom stereocenters. The number of rotatable bonds is 2. The average Bonchev–Trinajstić information content (AvgIpc) is 1.85. The van der Waals surface area contributed by atoms with Gasteiger partial charge in [0.2, 0.25) is 0 Å². The van der Waals surface area contributed by atoms with Crippen LogP contribution < -0.4 is 5.30 Å². The van der Waals surface area contributed by atoms with Gasteiger partial charge in [-0.15, -0.1) is 17.0 Å². The third kappa shape index (κ3) is 4.23. The van der Waals surface area contributed by atoms with Crippen LogP contribution in [0, 0.1) is 6.92 Å². The third-order valence-corrected chi connectivity index (χ3v) is 2.70. The van der Waals surface area contributed by atoms with Gasteiger partial charge in [-0.3, -0.25) is 0 Å². The summed E-state index contributed by atoms with van der Waals surface area (Å²) in [7, 11) is 0.957. The smallest absolute Gasteiger partial charge is 0.0253 e. The predicted octanol–water partition coefficient (Wildman–Crippen LogP) is 3.29.